The first-order valence-electron chi connectivity index (χ1n) is 8.01. The Morgan fingerprint density at radius 1 is 1.00 bits per heavy atom. The van der Waals surface area contributed by atoms with Crippen LogP contribution in [0.5, 0.6) is 0 Å². The fourth-order valence-electron chi connectivity index (χ4n) is 2.28. The van der Waals surface area contributed by atoms with E-state index >= 15 is 0 Å². The summed E-state index contributed by atoms with van der Waals surface area (Å²) in [6.45, 7) is 8.47. The number of amides is 1. The quantitative estimate of drug-likeness (QED) is 0.862. The monoisotopic (exact) mass is 307 g/mol. The van der Waals surface area contributed by atoms with Crippen LogP contribution in [0.3, 0.4) is 0 Å². The van der Waals surface area contributed by atoms with Crippen molar-refractivity contribution in [1.29, 1.82) is 0 Å². The number of nitrogens with one attached hydrogen (secondary N) is 1. The van der Waals surface area contributed by atoms with Crippen LogP contribution in [0.4, 0.5) is 0 Å². The zero-order valence-corrected chi connectivity index (χ0v) is 14.3. The lowest BCUT2D eigenvalue weighted by atomic mass is 9.86. The van der Waals surface area contributed by atoms with Gasteiger partial charge >= 0.3 is 0 Å². The lowest BCUT2D eigenvalue weighted by Crippen LogP contribution is -2.31. The van der Waals surface area contributed by atoms with Crippen molar-refractivity contribution in [2.24, 2.45) is 0 Å². The molecule has 0 saturated carbocycles. The Kier molecular flexibility index (Phi) is 5.38. The van der Waals surface area contributed by atoms with E-state index in [-0.39, 0.29) is 17.4 Å². The third-order valence-electron chi connectivity index (χ3n) is 3.75. The molecule has 2 aromatic rings. The predicted octanol–water partition coefficient (Wildman–Crippen LogP) is 4.82. The number of hydrogen-bond acceptors (Lipinski definition) is 1. The fraction of sp³-hybridized carbons (Fsp3) is 0.286. The number of carbonyl (C=O) groups is 1. The highest BCUT2D eigenvalue weighted by atomic mass is 16.1. The maximum atomic E-state index is 12.3. The van der Waals surface area contributed by atoms with Crippen molar-refractivity contribution in [2.45, 2.75) is 39.2 Å². The van der Waals surface area contributed by atoms with Gasteiger partial charge in [-0.15, -0.1) is 0 Å². The topological polar surface area (TPSA) is 29.1 Å². The summed E-state index contributed by atoms with van der Waals surface area (Å²) in [5.74, 6) is -0.0457. The fourth-order valence-corrected chi connectivity index (χ4v) is 2.28. The van der Waals surface area contributed by atoms with Crippen LogP contribution < -0.4 is 5.32 Å². The third-order valence-corrected chi connectivity index (χ3v) is 3.75. The third kappa shape index (κ3) is 5.10. The van der Waals surface area contributed by atoms with Crippen molar-refractivity contribution in [1.82, 2.24) is 5.32 Å². The van der Waals surface area contributed by atoms with Crippen molar-refractivity contribution in [3.63, 3.8) is 0 Å². The van der Waals surface area contributed by atoms with E-state index in [1.54, 1.807) is 0 Å². The Morgan fingerprint density at radius 2 is 1.61 bits per heavy atom. The van der Waals surface area contributed by atoms with E-state index in [4.69, 9.17) is 0 Å². The lowest BCUT2D eigenvalue weighted by Gasteiger charge is -2.19. The number of rotatable bonds is 4. The molecule has 1 atom stereocenters. The zero-order chi connectivity index (χ0) is 16.9. The van der Waals surface area contributed by atoms with Gasteiger partial charge in [0.15, 0.2) is 0 Å². The Balaban J connectivity index is 1.97. The average molecular weight is 307 g/mol. The highest BCUT2D eigenvalue weighted by Gasteiger charge is 2.14. The highest BCUT2D eigenvalue weighted by molar-refractivity contribution is 5.94. The molecule has 0 aliphatic carbocycles. The molecule has 0 saturated heterocycles. The average Bonchev–Trinajstić information content (AvgIpc) is 2.53. The summed E-state index contributed by atoms with van der Waals surface area (Å²) < 4.78 is 0. The predicted molar refractivity (Wildman–Crippen MR) is 97.5 cm³/mol. The van der Waals surface area contributed by atoms with Crippen LogP contribution in [0.1, 0.15) is 49.2 Å². The van der Waals surface area contributed by atoms with Crippen LogP contribution in [0.15, 0.2) is 60.7 Å². The number of hydrogen-bond donors (Lipinski definition) is 1. The van der Waals surface area contributed by atoms with Gasteiger partial charge in [-0.3, -0.25) is 4.79 Å². The number of carbonyl (C=O) groups excluding carboxylic acids is 1. The number of benzene rings is 2. The molecule has 0 radical (unpaired) electrons. The first-order valence-corrected chi connectivity index (χ1v) is 8.01. The van der Waals surface area contributed by atoms with Crippen LogP contribution >= 0.6 is 0 Å². The molecule has 2 heteroatoms. The van der Waals surface area contributed by atoms with Gasteiger partial charge in [0.1, 0.15) is 0 Å². The van der Waals surface area contributed by atoms with E-state index in [0.717, 1.165) is 5.56 Å². The van der Waals surface area contributed by atoms with Crippen LogP contribution in [-0.2, 0) is 5.41 Å². The summed E-state index contributed by atoms with van der Waals surface area (Å²) in [5.41, 5.74) is 3.15. The van der Waals surface area contributed by atoms with Crippen LogP contribution in [0.2, 0.25) is 0 Å². The summed E-state index contributed by atoms with van der Waals surface area (Å²) in [6.07, 6.45) is 4.02. The Morgan fingerprint density at radius 3 is 2.17 bits per heavy atom. The molecule has 0 aromatic heterocycles. The molecule has 1 amide bonds. The van der Waals surface area contributed by atoms with Crippen molar-refractivity contribution >= 4 is 12.0 Å². The van der Waals surface area contributed by atoms with Gasteiger partial charge in [-0.25, -0.2) is 0 Å². The van der Waals surface area contributed by atoms with Gasteiger partial charge in [-0.1, -0.05) is 75.4 Å². The summed E-state index contributed by atoms with van der Waals surface area (Å²) >= 11 is 0. The van der Waals surface area contributed by atoms with Gasteiger partial charge in [0.25, 0.3) is 5.91 Å². The molecular formula is C21H25NO. The van der Waals surface area contributed by atoms with E-state index < -0.39 is 0 Å². The second kappa shape index (κ2) is 7.28. The van der Waals surface area contributed by atoms with Crippen molar-refractivity contribution in [3.8, 4) is 0 Å². The SMILES string of the molecule is C[C@H](/C=C/c1ccccc1)NC(=O)c1ccc(C(C)(C)C)cc1. The summed E-state index contributed by atoms with van der Waals surface area (Å²) in [7, 11) is 0. The molecule has 2 nitrogen and oxygen atoms in total. The standard InChI is InChI=1S/C21H25NO/c1-16(10-11-17-8-6-5-7-9-17)22-20(23)18-12-14-19(15-13-18)21(2,3)4/h5-16H,1-4H3,(H,22,23)/b11-10+/t16-/m1/s1. The first kappa shape index (κ1) is 17.0. The molecular weight excluding hydrogens is 282 g/mol. The molecule has 0 fully saturated rings. The Hall–Kier alpha value is -2.35. The first-order chi connectivity index (χ1) is 10.9. The van der Waals surface area contributed by atoms with Crippen molar-refractivity contribution in [2.75, 3.05) is 0 Å². The van der Waals surface area contributed by atoms with Gasteiger partial charge in [0, 0.05) is 11.6 Å². The molecule has 0 aliphatic heterocycles. The molecule has 0 bridgehead atoms. The Bertz CT molecular complexity index is 663. The molecule has 0 spiro atoms. The van der Waals surface area contributed by atoms with Crippen LogP contribution in [0, 0.1) is 0 Å². The maximum Gasteiger partial charge on any atom is 0.251 e. The zero-order valence-electron chi connectivity index (χ0n) is 14.3. The minimum absolute atomic E-state index is 0.0231. The van der Waals surface area contributed by atoms with E-state index in [2.05, 4.69) is 26.1 Å². The normalized spacial score (nSPS) is 13.0. The summed E-state index contributed by atoms with van der Waals surface area (Å²) in [6, 6.07) is 17.9. The highest BCUT2D eigenvalue weighted by Crippen LogP contribution is 2.22. The van der Waals surface area contributed by atoms with Gasteiger partial charge in [0.05, 0.1) is 0 Å². The second-order valence-electron chi connectivity index (χ2n) is 6.86. The smallest absolute Gasteiger partial charge is 0.251 e. The second-order valence-corrected chi connectivity index (χ2v) is 6.86. The van der Waals surface area contributed by atoms with Gasteiger partial charge in [-0.2, -0.15) is 0 Å². The van der Waals surface area contributed by atoms with Crippen molar-refractivity contribution < 1.29 is 4.79 Å². The van der Waals surface area contributed by atoms with Crippen LogP contribution in [0.25, 0.3) is 6.08 Å². The maximum absolute atomic E-state index is 12.3. The minimum atomic E-state index is -0.0457. The largest absolute Gasteiger partial charge is 0.346 e. The molecule has 120 valence electrons. The van der Waals surface area contributed by atoms with Crippen LogP contribution in [-0.4, -0.2) is 11.9 Å². The summed E-state index contributed by atoms with van der Waals surface area (Å²) in [5, 5.41) is 3.00. The summed E-state index contributed by atoms with van der Waals surface area (Å²) in [4.78, 5) is 12.3. The molecule has 1 N–H and O–H groups in total. The molecule has 2 rings (SSSR count). The molecule has 2 aromatic carbocycles. The van der Waals surface area contributed by atoms with Gasteiger partial charge in [0.2, 0.25) is 0 Å². The minimum Gasteiger partial charge on any atom is -0.346 e. The van der Waals surface area contributed by atoms with Gasteiger partial charge in [-0.05, 0) is 35.6 Å². The molecule has 0 unspecified atom stereocenters. The Labute approximate surface area is 139 Å². The lowest BCUT2D eigenvalue weighted by molar-refractivity contribution is 0.0947. The molecule has 0 heterocycles. The van der Waals surface area contributed by atoms with E-state index in [9.17, 15) is 4.79 Å². The molecule has 0 aliphatic rings. The van der Waals surface area contributed by atoms with Gasteiger partial charge < -0.3 is 5.32 Å². The van der Waals surface area contributed by atoms with E-state index in [1.165, 1.54) is 5.56 Å². The van der Waals surface area contributed by atoms with E-state index in [0.29, 0.717) is 5.56 Å². The van der Waals surface area contributed by atoms with Crippen molar-refractivity contribution in [3.05, 3.63) is 77.4 Å². The molecule has 23 heavy (non-hydrogen) atoms. The van der Waals surface area contributed by atoms with E-state index in [1.807, 2.05) is 73.7 Å².